The van der Waals surface area contributed by atoms with Crippen molar-refractivity contribution in [3.8, 4) is 0 Å². The van der Waals surface area contributed by atoms with Gasteiger partial charge in [-0.15, -0.1) is 12.4 Å². The molecule has 0 aliphatic heterocycles. The van der Waals surface area contributed by atoms with Gasteiger partial charge in [-0.05, 0) is 24.6 Å². The first-order chi connectivity index (χ1) is 5.59. The normalized spacial score (nSPS) is 8.77. The van der Waals surface area contributed by atoms with Gasteiger partial charge in [0.15, 0.2) is 0 Å². The van der Waals surface area contributed by atoms with Crippen LogP contribution < -0.4 is 11.1 Å². The van der Waals surface area contributed by atoms with Crippen molar-refractivity contribution in [2.24, 2.45) is 5.73 Å². The minimum atomic E-state index is -0.588. The van der Waals surface area contributed by atoms with Crippen molar-refractivity contribution in [1.29, 1.82) is 0 Å². The fourth-order valence-electron chi connectivity index (χ4n) is 0.813. The summed E-state index contributed by atoms with van der Waals surface area (Å²) in [6.45, 7) is 1.89. The van der Waals surface area contributed by atoms with E-state index in [-0.39, 0.29) is 12.4 Å². The Morgan fingerprint density at radius 3 is 2.62 bits per heavy atom. The molecule has 5 heteroatoms. The van der Waals surface area contributed by atoms with Gasteiger partial charge in [0.05, 0.1) is 0 Å². The smallest absolute Gasteiger partial charge is 0.316 e. The van der Waals surface area contributed by atoms with Gasteiger partial charge in [0.1, 0.15) is 0 Å². The number of anilines is 1. The molecule has 0 spiro atoms. The number of urea groups is 1. The van der Waals surface area contributed by atoms with Crippen LogP contribution in [0.15, 0.2) is 18.2 Å². The molecule has 0 fully saturated rings. The molecular weight excluding hydrogens is 211 g/mol. The summed E-state index contributed by atoms with van der Waals surface area (Å²) in [5.41, 5.74) is 6.49. The van der Waals surface area contributed by atoms with Crippen LogP contribution in [0, 0.1) is 6.92 Å². The Labute approximate surface area is 87.7 Å². The molecule has 0 saturated carbocycles. The molecule has 2 amide bonds. The Morgan fingerprint density at radius 1 is 1.54 bits per heavy atom. The first kappa shape index (κ1) is 12.1. The number of hydrogen-bond acceptors (Lipinski definition) is 1. The van der Waals surface area contributed by atoms with Gasteiger partial charge in [-0.1, -0.05) is 17.7 Å². The van der Waals surface area contributed by atoms with E-state index < -0.39 is 6.03 Å². The van der Waals surface area contributed by atoms with Gasteiger partial charge in [-0.25, -0.2) is 4.79 Å². The fourth-order valence-corrected chi connectivity index (χ4v) is 0.993. The van der Waals surface area contributed by atoms with E-state index in [1.807, 2.05) is 13.0 Å². The van der Waals surface area contributed by atoms with E-state index in [4.69, 9.17) is 17.3 Å². The molecule has 72 valence electrons. The van der Waals surface area contributed by atoms with Crippen LogP contribution in [0.25, 0.3) is 0 Å². The molecule has 1 aromatic rings. The second kappa shape index (κ2) is 4.94. The summed E-state index contributed by atoms with van der Waals surface area (Å²) >= 11 is 5.81. The zero-order chi connectivity index (χ0) is 9.14. The standard InChI is InChI=1S/C8H9ClN2O.ClH/c1-5-2-3-6(4-7(5)9)11-8(10)12;/h2-4H,1H3,(H3,10,11,12);1H. The average Bonchev–Trinajstić information content (AvgIpc) is 1.96. The number of carbonyl (C=O) groups is 1. The molecule has 0 aromatic heterocycles. The Hall–Kier alpha value is -0.930. The maximum Gasteiger partial charge on any atom is 0.316 e. The summed E-state index contributed by atoms with van der Waals surface area (Å²) in [5.74, 6) is 0. The van der Waals surface area contributed by atoms with Crippen molar-refractivity contribution in [2.75, 3.05) is 5.32 Å². The van der Waals surface area contributed by atoms with E-state index in [1.54, 1.807) is 12.1 Å². The van der Waals surface area contributed by atoms with E-state index in [0.717, 1.165) is 5.56 Å². The SMILES string of the molecule is Cc1ccc(NC(N)=O)cc1Cl.Cl. The summed E-state index contributed by atoms with van der Waals surface area (Å²) in [4.78, 5) is 10.4. The number of rotatable bonds is 1. The summed E-state index contributed by atoms with van der Waals surface area (Å²) in [7, 11) is 0. The molecule has 0 aliphatic carbocycles. The molecule has 0 aliphatic rings. The summed E-state index contributed by atoms with van der Waals surface area (Å²) in [6, 6.07) is 4.62. The van der Waals surface area contributed by atoms with Gasteiger partial charge in [-0.2, -0.15) is 0 Å². The van der Waals surface area contributed by atoms with Crippen LogP contribution >= 0.6 is 24.0 Å². The second-order valence-corrected chi connectivity index (χ2v) is 2.86. The Bertz CT molecular complexity index is 315. The van der Waals surface area contributed by atoms with Gasteiger partial charge in [0, 0.05) is 10.7 Å². The molecule has 0 radical (unpaired) electrons. The number of primary amides is 1. The highest BCUT2D eigenvalue weighted by molar-refractivity contribution is 6.31. The molecule has 1 rings (SSSR count). The highest BCUT2D eigenvalue weighted by atomic mass is 35.5. The molecule has 0 bridgehead atoms. The summed E-state index contributed by atoms with van der Waals surface area (Å²) < 4.78 is 0. The zero-order valence-corrected chi connectivity index (χ0v) is 8.58. The van der Waals surface area contributed by atoms with Crippen LogP contribution in [0.4, 0.5) is 10.5 Å². The molecule has 0 heterocycles. The van der Waals surface area contributed by atoms with Crippen LogP contribution in [0.1, 0.15) is 5.56 Å². The molecule has 3 N–H and O–H groups in total. The Morgan fingerprint density at radius 2 is 2.15 bits per heavy atom. The second-order valence-electron chi connectivity index (χ2n) is 2.45. The van der Waals surface area contributed by atoms with Crippen molar-refractivity contribution >= 4 is 35.7 Å². The lowest BCUT2D eigenvalue weighted by atomic mass is 10.2. The van der Waals surface area contributed by atoms with Crippen LogP contribution in [-0.2, 0) is 0 Å². The molecule has 3 nitrogen and oxygen atoms in total. The predicted molar refractivity (Wildman–Crippen MR) is 56.6 cm³/mol. The van der Waals surface area contributed by atoms with Crippen molar-refractivity contribution in [3.05, 3.63) is 28.8 Å². The summed E-state index contributed by atoms with van der Waals surface area (Å²) in [6.07, 6.45) is 0. The van der Waals surface area contributed by atoms with Crippen LogP contribution in [-0.4, -0.2) is 6.03 Å². The number of benzene rings is 1. The highest BCUT2D eigenvalue weighted by Crippen LogP contribution is 2.19. The molecule has 0 unspecified atom stereocenters. The number of halogens is 2. The average molecular weight is 221 g/mol. The Kier molecular flexibility index (Phi) is 4.59. The van der Waals surface area contributed by atoms with E-state index >= 15 is 0 Å². The number of hydrogen-bond donors (Lipinski definition) is 2. The quantitative estimate of drug-likeness (QED) is 0.752. The number of nitrogens with one attached hydrogen (secondary N) is 1. The van der Waals surface area contributed by atoms with Gasteiger partial charge >= 0.3 is 6.03 Å². The van der Waals surface area contributed by atoms with Gasteiger partial charge in [0.2, 0.25) is 0 Å². The summed E-state index contributed by atoms with van der Waals surface area (Å²) in [5, 5.41) is 3.04. The topological polar surface area (TPSA) is 55.1 Å². The lowest BCUT2D eigenvalue weighted by Crippen LogP contribution is -2.19. The molecule has 13 heavy (non-hydrogen) atoms. The van der Waals surface area contributed by atoms with Crippen LogP contribution in [0.2, 0.25) is 5.02 Å². The first-order valence-electron chi connectivity index (χ1n) is 3.42. The molecule has 1 aromatic carbocycles. The van der Waals surface area contributed by atoms with Crippen molar-refractivity contribution in [1.82, 2.24) is 0 Å². The van der Waals surface area contributed by atoms with Gasteiger partial charge in [-0.3, -0.25) is 0 Å². The van der Waals surface area contributed by atoms with E-state index in [2.05, 4.69) is 5.32 Å². The van der Waals surface area contributed by atoms with Crippen molar-refractivity contribution < 1.29 is 4.79 Å². The Balaban J connectivity index is 0.00000144. The van der Waals surface area contributed by atoms with Crippen LogP contribution in [0.3, 0.4) is 0 Å². The molecule has 0 saturated heterocycles. The number of aryl methyl sites for hydroxylation is 1. The lowest BCUT2D eigenvalue weighted by Gasteiger charge is -2.03. The van der Waals surface area contributed by atoms with Crippen LogP contribution in [0.5, 0.6) is 0 Å². The zero-order valence-electron chi connectivity index (χ0n) is 7.00. The third kappa shape index (κ3) is 3.53. The number of nitrogens with two attached hydrogens (primary N) is 1. The van der Waals surface area contributed by atoms with E-state index in [1.165, 1.54) is 0 Å². The first-order valence-corrected chi connectivity index (χ1v) is 3.80. The van der Waals surface area contributed by atoms with E-state index in [9.17, 15) is 4.79 Å². The third-order valence-corrected chi connectivity index (χ3v) is 1.85. The minimum absolute atomic E-state index is 0. The van der Waals surface area contributed by atoms with Crippen molar-refractivity contribution in [2.45, 2.75) is 6.92 Å². The maximum absolute atomic E-state index is 10.4. The molecular formula is C8H10Cl2N2O. The van der Waals surface area contributed by atoms with Gasteiger partial charge < -0.3 is 11.1 Å². The largest absolute Gasteiger partial charge is 0.351 e. The monoisotopic (exact) mass is 220 g/mol. The maximum atomic E-state index is 10.4. The van der Waals surface area contributed by atoms with E-state index in [0.29, 0.717) is 10.7 Å². The predicted octanol–water partition coefficient (Wildman–Crippen LogP) is 2.56. The number of amides is 2. The van der Waals surface area contributed by atoms with Crippen molar-refractivity contribution in [3.63, 3.8) is 0 Å². The number of carbonyl (C=O) groups excluding carboxylic acids is 1. The van der Waals surface area contributed by atoms with Gasteiger partial charge in [0.25, 0.3) is 0 Å². The lowest BCUT2D eigenvalue weighted by molar-refractivity contribution is 0.259. The highest BCUT2D eigenvalue weighted by Gasteiger charge is 1.98. The third-order valence-electron chi connectivity index (χ3n) is 1.44. The minimum Gasteiger partial charge on any atom is -0.351 e. The molecule has 0 atom stereocenters. The fraction of sp³-hybridized carbons (Fsp3) is 0.125.